The lowest BCUT2D eigenvalue weighted by Crippen LogP contribution is -2.66. The lowest BCUT2D eigenvalue weighted by molar-refractivity contribution is -0.190. The van der Waals surface area contributed by atoms with E-state index in [1.54, 1.807) is 6.92 Å². The molecule has 172 valence electrons. The second-order valence-corrected chi connectivity index (χ2v) is 7.76. The molecule has 3 atom stereocenters. The van der Waals surface area contributed by atoms with Gasteiger partial charge in [0.1, 0.15) is 29.3 Å². The molecule has 0 saturated carbocycles. The summed E-state index contributed by atoms with van der Waals surface area (Å²) in [5, 5.41) is 15.6. The Morgan fingerprint density at radius 1 is 1.03 bits per heavy atom. The minimum atomic E-state index is -5.31. The van der Waals surface area contributed by atoms with Crippen molar-refractivity contribution in [2.45, 2.75) is 24.9 Å². The zero-order valence-corrected chi connectivity index (χ0v) is 17.1. The highest BCUT2D eigenvalue weighted by Gasteiger charge is 2.60. The number of rotatable bonds is 4. The largest absolute Gasteiger partial charge is 0.459 e. The number of hydrogen-bond acceptors (Lipinski definition) is 4. The third-order valence-corrected chi connectivity index (χ3v) is 5.49. The van der Waals surface area contributed by atoms with Gasteiger partial charge in [-0.25, -0.2) is 9.18 Å². The van der Waals surface area contributed by atoms with Gasteiger partial charge in [-0.15, -0.1) is 0 Å². The number of alkyl halides is 3. The van der Waals surface area contributed by atoms with E-state index >= 15 is 0 Å². The molecule has 2 aromatic carbocycles. The maximum absolute atomic E-state index is 13.6. The van der Waals surface area contributed by atoms with Crippen molar-refractivity contribution >= 4 is 11.8 Å². The number of carbonyl (C=O) groups excluding carboxylic acids is 2. The average molecular weight is 462 g/mol. The summed E-state index contributed by atoms with van der Waals surface area (Å²) in [6.07, 6.45) is -5.31. The van der Waals surface area contributed by atoms with E-state index < -0.39 is 41.5 Å². The van der Waals surface area contributed by atoms with Crippen LogP contribution in [-0.2, 0) is 10.5 Å². The zero-order chi connectivity index (χ0) is 24.0. The summed E-state index contributed by atoms with van der Waals surface area (Å²) in [6, 6.07) is 11.0. The van der Waals surface area contributed by atoms with Crippen LogP contribution in [0.4, 0.5) is 22.4 Å². The van der Waals surface area contributed by atoms with Crippen LogP contribution in [0.5, 0.6) is 0 Å². The Morgan fingerprint density at radius 3 is 2.27 bits per heavy atom. The van der Waals surface area contributed by atoms with Gasteiger partial charge < -0.3 is 20.2 Å². The Hall–Kier alpha value is -3.66. The molecule has 6 nitrogen and oxygen atoms in total. The molecule has 10 heteroatoms. The highest BCUT2D eigenvalue weighted by atomic mass is 19.4. The molecule has 4 rings (SSSR count). The van der Waals surface area contributed by atoms with Crippen molar-refractivity contribution in [2.75, 3.05) is 0 Å². The number of amides is 2. The van der Waals surface area contributed by atoms with Crippen LogP contribution in [0.25, 0.3) is 11.3 Å². The summed E-state index contributed by atoms with van der Waals surface area (Å²) >= 11 is 0. The van der Waals surface area contributed by atoms with Crippen LogP contribution >= 0.6 is 0 Å². The number of aliphatic hydroxyl groups is 1. The van der Waals surface area contributed by atoms with Crippen molar-refractivity contribution in [3.05, 3.63) is 83.4 Å². The van der Waals surface area contributed by atoms with Gasteiger partial charge in [0, 0.05) is 11.1 Å². The fourth-order valence-electron chi connectivity index (χ4n) is 3.85. The van der Waals surface area contributed by atoms with Crippen molar-refractivity contribution < 1.29 is 36.7 Å². The summed E-state index contributed by atoms with van der Waals surface area (Å²) < 4.78 is 59.6. The van der Waals surface area contributed by atoms with Gasteiger partial charge in [-0.05, 0) is 43.3 Å². The SMILES string of the molecule is Cc1ccc(C2(O)NC(=O)NC(c3ccc(-c4ccc(F)cc4)o3)C2C(=O)C(F)(F)F)cc1. The second-order valence-electron chi connectivity index (χ2n) is 7.76. The molecule has 1 aliphatic rings. The molecule has 3 aromatic rings. The minimum absolute atomic E-state index is 0.0964. The van der Waals surface area contributed by atoms with Gasteiger partial charge in [0.05, 0.1) is 0 Å². The van der Waals surface area contributed by atoms with Crippen LogP contribution in [0.1, 0.15) is 22.9 Å². The van der Waals surface area contributed by atoms with Gasteiger partial charge >= 0.3 is 12.2 Å². The molecule has 2 heterocycles. The van der Waals surface area contributed by atoms with Crippen molar-refractivity contribution in [1.82, 2.24) is 10.6 Å². The molecule has 3 N–H and O–H groups in total. The van der Waals surface area contributed by atoms with E-state index in [4.69, 9.17) is 4.42 Å². The van der Waals surface area contributed by atoms with E-state index in [0.29, 0.717) is 5.56 Å². The van der Waals surface area contributed by atoms with Crippen LogP contribution < -0.4 is 10.6 Å². The molecule has 1 saturated heterocycles. The number of Topliss-reactive ketones (excluding diaryl/α,β-unsaturated/α-hetero) is 1. The van der Waals surface area contributed by atoms with E-state index in [2.05, 4.69) is 10.6 Å². The molecular weight excluding hydrogens is 444 g/mol. The fourth-order valence-corrected chi connectivity index (χ4v) is 3.85. The standard InChI is InChI=1S/C23H18F4N2O4/c1-12-2-6-14(7-3-12)22(32)18(20(30)23(25,26)27)19(28-21(31)29-22)17-11-10-16(33-17)13-4-8-15(24)9-5-13/h2-11,18-19,32H,1H3,(H2,28,29,31). The lowest BCUT2D eigenvalue weighted by Gasteiger charge is -2.44. The maximum Gasteiger partial charge on any atom is 0.450 e. The summed E-state index contributed by atoms with van der Waals surface area (Å²) in [6.45, 7) is 1.73. The quantitative estimate of drug-likeness (QED) is 0.503. The number of furan rings is 1. The molecule has 0 bridgehead atoms. The molecule has 3 unspecified atom stereocenters. The molecule has 2 amide bonds. The molecule has 1 aromatic heterocycles. The monoisotopic (exact) mass is 462 g/mol. The average Bonchev–Trinajstić information content (AvgIpc) is 3.23. The summed E-state index contributed by atoms with van der Waals surface area (Å²) in [5.41, 5.74) is -1.58. The molecule has 1 aliphatic heterocycles. The van der Waals surface area contributed by atoms with Crippen LogP contribution in [0.3, 0.4) is 0 Å². The molecular formula is C23H18F4N2O4. The third-order valence-electron chi connectivity index (χ3n) is 5.49. The number of urea groups is 1. The predicted octanol–water partition coefficient (Wildman–Crippen LogP) is 4.34. The number of ketones is 1. The van der Waals surface area contributed by atoms with Gasteiger partial charge in [-0.3, -0.25) is 4.79 Å². The molecule has 33 heavy (non-hydrogen) atoms. The summed E-state index contributed by atoms with van der Waals surface area (Å²) in [4.78, 5) is 24.9. The van der Waals surface area contributed by atoms with Crippen molar-refractivity contribution in [1.29, 1.82) is 0 Å². The summed E-state index contributed by atoms with van der Waals surface area (Å²) in [7, 11) is 0. The molecule has 0 radical (unpaired) electrons. The highest BCUT2D eigenvalue weighted by Crippen LogP contribution is 2.43. The van der Waals surface area contributed by atoms with Gasteiger partial charge in [-0.2, -0.15) is 13.2 Å². The van der Waals surface area contributed by atoms with Crippen LogP contribution in [0.2, 0.25) is 0 Å². The number of benzene rings is 2. The van der Waals surface area contributed by atoms with E-state index in [0.717, 1.165) is 5.56 Å². The van der Waals surface area contributed by atoms with Gasteiger partial charge in [-0.1, -0.05) is 29.8 Å². The van der Waals surface area contributed by atoms with E-state index in [-0.39, 0.29) is 17.1 Å². The fraction of sp³-hybridized carbons (Fsp3) is 0.217. The Bertz CT molecular complexity index is 1190. The normalized spacial score (nSPS) is 23.0. The Morgan fingerprint density at radius 2 is 1.67 bits per heavy atom. The van der Waals surface area contributed by atoms with E-state index in [9.17, 15) is 32.3 Å². The van der Waals surface area contributed by atoms with Gasteiger partial charge in [0.25, 0.3) is 0 Å². The Balaban J connectivity index is 1.82. The molecule has 0 spiro atoms. The van der Waals surface area contributed by atoms with E-state index in [1.807, 2.05) is 0 Å². The smallest absolute Gasteiger partial charge is 0.450 e. The maximum atomic E-state index is 13.6. The van der Waals surface area contributed by atoms with Crippen molar-refractivity contribution in [3.63, 3.8) is 0 Å². The van der Waals surface area contributed by atoms with Crippen molar-refractivity contribution in [2.24, 2.45) is 5.92 Å². The van der Waals surface area contributed by atoms with Gasteiger partial charge in [0.2, 0.25) is 5.78 Å². The zero-order valence-electron chi connectivity index (χ0n) is 17.1. The molecule has 0 aliphatic carbocycles. The first-order chi connectivity index (χ1) is 15.5. The Labute approximate surface area is 185 Å². The number of halogens is 4. The topological polar surface area (TPSA) is 91.6 Å². The van der Waals surface area contributed by atoms with E-state index in [1.165, 1.54) is 60.7 Å². The highest BCUT2D eigenvalue weighted by molar-refractivity contribution is 5.91. The minimum Gasteiger partial charge on any atom is -0.459 e. The second kappa shape index (κ2) is 8.04. The first-order valence-electron chi connectivity index (χ1n) is 9.84. The molecule has 1 fully saturated rings. The first-order valence-corrected chi connectivity index (χ1v) is 9.84. The predicted molar refractivity (Wildman–Crippen MR) is 108 cm³/mol. The Kier molecular flexibility index (Phi) is 5.49. The number of nitrogens with one attached hydrogen (secondary N) is 2. The van der Waals surface area contributed by atoms with Crippen LogP contribution in [-0.4, -0.2) is 23.1 Å². The van der Waals surface area contributed by atoms with Gasteiger partial charge in [0.15, 0.2) is 5.72 Å². The summed E-state index contributed by atoms with van der Waals surface area (Å²) in [5.74, 6) is -4.95. The third kappa shape index (κ3) is 4.21. The lowest BCUT2D eigenvalue weighted by atomic mass is 9.77. The first kappa shape index (κ1) is 22.5. The number of aryl methyl sites for hydroxylation is 1. The number of carbonyl (C=O) groups is 2. The van der Waals surface area contributed by atoms with Crippen LogP contribution in [0.15, 0.2) is 65.1 Å². The van der Waals surface area contributed by atoms with Crippen LogP contribution in [0, 0.1) is 18.7 Å². The van der Waals surface area contributed by atoms with Crippen molar-refractivity contribution in [3.8, 4) is 11.3 Å². The number of hydrogen-bond donors (Lipinski definition) is 3.